The predicted molar refractivity (Wildman–Crippen MR) is 87.6 cm³/mol. The van der Waals surface area contributed by atoms with Crippen molar-refractivity contribution in [1.29, 1.82) is 0 Å². The molecule has 0 amide bonds. The standard InChI is InChI=1S/C17H34N2O2/c1-13(2)18-17(5,16(20)21)10-6-7-11-19(14(3)4)12-15-8-9-15/h13-15,18H,6-12H2,1-5H3,(H,20,21). The molecule has 0 radical (unpaired) electrons. The lowest BCUT2D eigenvalue weighted by molar-refractivity contribution is -0.144. The van der Waals surface area contributed by atoms with Crippen molar-refractivity contribution >= 4 is 5.97 Å². The molecule has 1 unspecified atom stereocenters. The number of nitrogens with one attached hydrogen (secondary N) is 1. The van der Waals surface area contributed by atoms with E-state index in [1.165, 1.54) is 19.4 Å². The lowest BCUT2D eigenvalue weighted by Crippen LogP contribution is -2.52. The minimum absolute atomic E-state index is 0.188. The Hall–Kier alpha value is -0.610. The fraction of sp³-hybridized carbons (Fsp3) is 0.941. The van der Waals surface area contributed by atoms with Crippen LogP contribution in [0, 0.1) is 5.92 Å². The quantitative estimate of drug-likeness (QED) is 0.575. The van der Waals surface area contributed by atoms with Crippen LogP contribution in [-0.4, -0.2) is 46.7 Å². The minimum atomic E-state index is -0.798. The number of unbranched alkanes of at least 4 members (excludes halogenated alkanes) is 1. The molecule has 4 nitrogen and oxygen atoms in total. The van der Waals surface area contributed by atoms with Crippen molar-refractivity contribution in [2.24, 2.45) is 5.92 Å². The average Bonchev–Trinajstić information content (AvgIpc) is 3.15. The monoisotopic (exact) mass is 298 g/mol. The predicted octanol–water partition coefficient (Wildman–Crippen LogP) is 3.12. The van der Waals surface area contributed by atoms with Gasteiger partial charge in [0.05, 0.1) is 0 Å². The summed E-state index contributed by atoms with van der Waals surface area (Å²) in [5, 5.41) is 12.6. The summed E-state index contributed by atoms with van der Waals surface area (Å²) in [6, 6.07) is 0.776. The topological polar surface area (TPSA) is 52.6 Å². The van der Waals surface area contributed by atoms with Gasteiger partial charge in [-0.1, -0.05) is 0 Å². The van der Waals surface area contributed by atoms with E-state index in [0.717, 1.165) is 25.3 Å². The third-order valence-corrected chi connectivity index (χ3v) is 4.37. The van der Waals surface area contributed by atoms with Crippen LogP contribution in [0.15, 0.2) is 0 Å². The van der Waals surface area contributed by atoms with Gasteiger partial charge in [0.15, 0.2) is 0 Å². The van der Waals surface area contributed by atoms with Crippen molar-refractivity contribution in [3.8, 4) is 0 Å². The maximum atomic E-state index is 11.5. The zero-order valence-electron chi connectivity index (χ0n) is 14.5. The summed E-state index contributed by atoms with van der Waals surface area (Å²) >= 11 is 0. The number of carbonyl (C=O) groups is 1. The summed E-state index contributed by atoms with van der Waals surface area (Å²) in [6.45, 7) is 12.6. The van der Waals surface area contributed by atoms with Gasteiger partial charge in [0.25, 0.3) is 0 Å². The molecule has 0 aromatic carbocycles. The van der Waals surface area contributed by atoms with E-state index in [-0.39, 0.29) is 6.04 Å². The summed E-state index contributed by atoms with van der Waals surface area (Å²) in [5.41, 5.74) is -0.798. The average molecular weight is 298 g/mol. The third kappa shape index (κ3) is 6.79. The molecule has 0 bridgehead atoms. The molecule has 0 aromatic heterocycles. The number of nitrogens with zero attached hydrogens (tertiary/aromatic N) is 1. The number of carboxylic acids is 1. The van der Waals surface area contributed by atoms with Crippen LogP contribution in [-0.2, 0) is 4.79 Å². The first-order valence-corrected chi connectivity index (χ1v) is 8.49. The molecule has 21 heavy (non-hydrogen) atoms. The first kappa shape index (κ1) is 18.4. The van der Waals surface area contributed by atoms with Crippen LogP contribution < -0.4 is 5.32 Å². The van der Waals surface area contributed by atoms with E-state index >= 15 is 0 Å². The van der Waals surface area contributed by atoms with Crippen LogP contribution in [0.25, 0.3) is 0 Å². The Morgan fingerprint density at radius 2 is 1.90 bits per heavy atom. The Bertz CT molecular complexity index is 327. The molecule has 4 heteroatoms. The van der Waals surface area contributed by atoms with Crippen LogP contribution in [0.3, 0.4) is 0 Å². The van der Waals surface area contributed by atoms with E-state index in [9.17, 15) is 9.90 Å². The van der Waals surface area contributed by atoms with E-state index < -0.39 is 11.5 Å². The van der Waals surface area contributed by atoms with Gasteiger partial charge in [-0.05, 0) is 79.2 Å². The Labute approximate surface area is 130 Å². The smallest absolute Gasteiger partial charge is 0.323 e. The van der Waals surface area contributed by atoms with Crippen molar-refractivity contribution in [2.45, 2.75) is 84.3 Å². The normalized spacial score (nSPS) is 18.5. The van der Waals surface area contributed by atoms with Crippen LogP contribution in [0.5, 0.6) is 0 Å². The van der Waals surface area contributed by atoms with E-state index in [1.54, 1.807) is 6.92 Å². The van der Waals surface area contributed by atoms with E-state index in [2.05, 4.69) is 24.1 Å². The van der Waals surface area contributed by atoms with Crippen molar-refractivity contribution < 1.29 is 9.90 Å². The zero-order chi connectivity index (χ0) is 16.0. The molecule has 124 valence electrons. The summed E-state index contributed by atoms with van der Waals surface area (Å²) in [4.78, 5) is 14.0. The first-order valence-electron chi connectivity index (χ1n) is 8.49. The van der Waals surface area contributed by atoms with Crippen LogP contribution in [0.2, 0.25) is 0 Å². The fourth-order valence-corrected chi connectivity index (χ4v) is 2.86. The second-order valence-corrected chi connectivity index (χ2v) is 7.43. The van der Waals surface area contributed by atoms with Gasteiger partial charge in [0, 0.05) is 18.6 Å². The van der Waals surface area contributed by atoms with Crippen molar-refractivity contribution in [1.82, 2.24) is 10.2 Å². The molecule has 1 fully saturated rings. The highest BCUT2D eigenvalue weighted by Crippen LogP contribution is 2.30. The zero-order valence-corrected chi connectivity index (χ0v) is 14.5. The molecule has 0 aliphatic heterocycles. The highest BCUT2D eigenvalue weighted by atomic mass is 16.4. The maximum absolute atomic E-state index is 11.5. The Balaban J connectivity index is 2.33. The summed E-state index contributed by atoms with van der Waals surface area (Å²) in [5.74, 6) is 0.175. The molecule has 0 heterocycles. The van der Waals surface area contributed by atoms with Crippen molar-refractivity contribution in [3.63, 3.8) is 0 Å². The van der Waals surface area contributed by atoms with Gasteiger partial charge in [-0.15, -0.1) is 0 Å². The molecular weight excluding hydrogens is 264 g/mol. The van der Waals surface area contributed by atoms with E-state index in [0.29, 0.717) is 12.5 Å². The summed E-state index contributed by atoms with van der Waals surface area (Å²) in [7, 11) is 0. The number of rotatable bonds is 11. The van der Waals surface area contributed by atoms with Crippen LogP contribution in [0.4, 0.5) is 0 Å². The van der Waals surface area contributed by atoms with Crippen molar-refractivity contribution in [2.75, 3.05) is 13.1 Å². The Morgan fingerprint density at radius 3 is 2.33 bits per heavy atom. The van der Waals surface area contributed by atoms with E-state index in [1.807, 2.05) is 13.8 Å². The molecule has 2 N–H and O–H groups in total. The largest absolute Gasteiger partial charge is 0.480 e. The number of aliphatic carboxylic acids is 1. The first-order chi connectivity index (χ1) is 9.74. The Morgan fingerprint density at radius 1 is 1.29 bits per heavy atom. The molecule has 1 aliphatic rings. The van der Waals surface area contributed by atoms with Gasteiger partial charge in [-0.3, -0.25) is 10.1 Å². The van der Waals surface area contributed by atoms with Gasteiger partial charge in [0.2, 0.25) is 0 Å². The highest BCUT2D eigenvalue weighted by Gasteiger charge is 2.32. The maximum Gasteiger partial charge on any atom is 0.323 e. The fourth-order valence-electron chi connectivity index (χ4n) is 2.86. The van der Waals surface area contributed by atoms with Gasteiger partial charge in [-0.2, -0.15) is 0 Å². The lowest BCUT2D eigenvalue weighted by Gasteiger charge is -2.30. The summed E-state index contributed by atoms with van der Waals surface area (Å²) < 4.78 is 0. The molecule has 0 spiro atoms. The molecule has 1 aliphatic carbocycles. The molecular formula is C17H34N2O2. The van der Waals surface area contributed by atoms with Gasteiger partial charge < -0.3 is 10.0 Å². The van der Waals surface area contributed by atoms with Gasteiger partial charge in [0.1, 0.15) is 5.54 Å². The summed E-state index contributed by atoms with van der Waals surface area (Å²) in [6.07, 6.45) is 5.50. The second kappa shape index (κ2) is 8.14. The molecule has 0 saturated heterocycles. The van der Waals surface area contributed by atoms with Gasteiger partial charge >= 0.3 is 5.97 Å². The molecule has 0 aromatic rings. The second-order valence-electron chi connectivity index (χ2n) is 7.43. The van der Waals surface area contributed by atoms with Crippen molar-refractivity contribution in [3.05, 3.63) is 0 Å². The SMILES string of the molecule is CC(C)NC(C)(CCCCN(CC1CC1)C(C)C)C(=O)O. The molecule has 1 atom stereocenters. The highest BCUT2D eigenvalue weighted by molar-refractivity contribution is 5.78. The molecule has 1 rings (SSSR count). The third-order valence-electron chi connectivity index (χ3n) is 4.37. The van der Waals surface area contributed by atoms with E-state index in [4.69, 9.17) is 0 Å². The number of hydrogen-bond donors (Lipinski definition) is 2. The number of hydrogen-bond acceptors (Lipinski definition) is 3. The minimum Gasteiger partial charge on any atom is -0.480 e. The Kier molecular flexibility index (Phi) is 7.14. The molecule has 1 saturated carbocycles. The van der Waals surface area contributed by atoms with Crippen LogP contribution in [0.1, 0.15) is 66.7 Å². The van der Waals surface area contributed by atoms with Crippen LogP contribution >= 0.6 is 0 Å². The van der Waals surface area contributed by atoms with Gasteiger partial charge in [-0.25, -0.2) is 0 Å². The lowest BCUT2D eigenvalue weighted by atomic mass is 9.94. The number of carboxylic acid groups (broad SMARTS) is 1.